The Kier molecular flexibility index (Phi) is 4.77. The lowest BCUT2D eigenvalue weighted by atomic mass is 9.86. The number of rotatable bonds is 3. The molecule has 22 heavy (non-hydrogen) atoms. The zero-order valence-corrected chi connectivity index (χ0v) is 14.0. The topological polar surface area (TPSA) is 38.3 Å². The predicted octanol–water partition coefficient (Wildman–Crippen LogP) is 4.90. The van der Waals surface area contributed by atoms with Gasteiger partial charge >= 0.3 is 0 Å². The van der Waals surface area contributed by atoms with E-state index in [2.05, 4.69) is 26.1 Å². The molecule has 0 saturated carbocycles. The third kappa shape index (κ3) is 3.60. The second-order valence-corrected chi connectivity index (χ2v) is 6.53. The lowest BCUT2D eigenvalue weighted by Gasteiger charge is -2.23. The Labute approximate surface area is 136 Å². The first kappa shape index (κ1) is 16.4. The van der Waals surface area contributed by atoms with E-state index in [-0.39, 0.29) is 11.3 Å². The summed E-state index contributed by atoms with van der Waals surface area (Å²) in [4.78, 5) is 12.6. The van der Waals surface area contributed by atoms with Crippen molar-refractivity contribution in [3.63, 3.8) is 0 Å². The fraction of sp³-hybridized carbons (Fsp3) is 0.278. The highest BCUT2D eigenvalue weighted by Gasteiger charge is 2.20. The molecule has 3 nitrogen and oxygen atoms in total. The van der Waals surface area contributed by atoms with Crippen molar-refractivity contribution in [1.29, 1.82) is 0 Å². The van der Waals surface area contributed by atoms with Crippen LogP contribution >= 0.6 is 11.6 Å². The number of methoxy groups -OCH3 is 1. The van der Waals surface area contributed by atoms with Crippen LogP contribution in [0.25, 0.3) is 0 Å². The summed E-state index contributed by atoms with van der Waals surface area (Å²) in [6.45, 7) is 6.33. The summed E-state index contributed by atoms with van der Waals surface area (Å²) in [6, 6.07) is 12.8. The van der Waals surface area contributed by atoms with Crippen molar-refractivity contribution in [2.75, 3.05) is 12.4 Å². The van der Waals surface area contributed by atoms with Crippen molar-refractivity contribution < 1.29 is 9.53 Å². The molecule has 0 aromatic heterocycles. The van der Waals surface area contributed by atoms with E-state index in [4.69, 9.17) is 16.3 Å². The van der Waals surface area contributed by atoms with Crippen LogP contribution in [0.5, 0.6) is 5.75 Å². The van der Waals surface area contributed by atoms with E-state index in [9.17, 15) is 4.79 Å². The fourth-order valence-electron chi connectivity index (χ4n) is 2.29. The number of halogens is 1. The smallest absolute Gasteiger partial charge is 0.259 e. The molecular weight excluding hydrogens is 298 g/mol. The number of hydrogen-bond donors (Lipinski definition) is 1. The minimum atomic E-state index is -0.240. The van der Waals surface area contributed by atoms with Gasteiger partial charge in [0.15, 0.2) is 0 Å². The van der Waals surface area contributed by atoms with Crippen LogP contribution in [-0.2, 0) is 5.41 Å². The molecule has 0 aliphatic heterocycles. The molecule has 0 aliphatic rings. The molecule has 116 valence electrons. The molecule has 0 unspecified atom stereocenters. The fourth-order valence-corrected chi connectivity index (χ4v) is 2.47. The first-order valence-corrected chi connectivity index (χ1v) is 7.45. The molecule has 0 fully saturated rings. The van der Waals surface area contributed by atoms with Gasteiger partial charge in [0.2, 0.25) is 0 Å². The van der Waals surface area contributed by atoms with Gasteiger partial charge in [-0.15, -0.1) is 0 Å². The maximum atomic E-state index is 12.6. The van der Waals surface area contributed by atoms with Gasteiger partial charge in [0.1, 0.15) is 5.75 Å². The third-order valence-electron chi connectivity index (χ3n) is 3.39. The molecule has 0 heterocycles. The summed E-state index contributed by atoms with van der Waals surface area (Å²) in [5.74, 6) is 0.256. The molecule has 0 atom stereocenters. The molecule has 4 heteroatoms. The van der Waals surface area contributed by atoms with Gasteiger partial charge in [-0.05, 0) is 35.2 Å². The summed E-state index contributed by atoms with van der Waals surface area (Å²) < 4.78 is 5.24. The molecular formula is C18H20ClNO2. The highest BCUT2D eigenvalue weighted by atomic mass is 35.5. The van der Waals surface area contributed by atoms with E-state index in [0.29, 0.717) is 16.3 Å². The van der Waals surface area contributed by atoms with Crippen LogP contribution in [0.4, 0.5) is 5.69 Å². The summed E-state index contributed by atoms with van der Waals surface area (Å²) in [5.41, 5.74) is 2.22. The molecule has 0 saturated heterocycles. The van der Waals surface area contributed by atoms with Gasteiger partial charge in [0, 0.05) is 10.7 Å². The Balaban J connectivity index is 2.37. The van der Waals surface area contributed by atoms with Crippen LogP contribution in [0.3, 0.4) is 0 Å². The maximum absolute atomic E-state index is 12.6. The Morgan fingerprint density at radius 2 is 1.82 bits per heavy atom. The molecule has 0 bridgehead atoms. The highest BCUT2D eigenvalue weighted by molar-refractivity contribution is 6.31. The Bertz CT molecular complexity index is 690. The second-order valence-electron chi connectivity index (χ2n) is 6.09. The SMILES string of the molecule is COc1ccc(Cl)cc1C(=O)Nc1ccccc1C(C)(C)C. The van der Waals surface area contributed by atoms with Gasteiger partial charge < -0.3 is 10.1 Å². The van der Waals surface area contributed by atoms with Crippen LogP contribution < -0.4 is 10.1 Å². The Morgan fingerprint density at radius 1 is 1.14 bits per heavy atom. The molecule has 2 rings (SSSR count). The monoisotopic (exact) mass is 317 g/mol. The number of para-hydroxylation sites is 1. The zero-order valence-electron chi connectivity index (χ0n) is 13.2. The van der Waals surface area contributed by atoms with Crippen molar-refractivity contribution in [2.45, 2.75) is 26.2 Å². The van der Waals surface area contributed by atoms with Crippen molar-refractivity contribution >= 4 is 23.2 Å². The Morgan fingerprint density at radius 3 is 2.45 bits per heavy atom. The average molecular weight is 318 g/mol. The number of amides is 1. The number of hydrogen-bond acceptors (Lipinski definition) is 2. The highest BCUT2D eigenvalue weighted by Crippen LogP contribution is 2.30. The van der Waals surface area contributed by atoms with E-state index in [0.717, 1.165) is 11.3 Å². The number of benzene rings is 2. The molecule has 1 N–H and O–H groups in total. The maximum Gasteiger partial charge on any atom is 0.259 e. The van der Waals surface area contributed by atoms with Gasteiger partial charge in [0.25, 0.3) is 5.91 Å². The Hall–Kier alpha value is -2.00. The lowest BCUT2D eigenvalue weighted by molar-refractivity contribution is 0.102. The van der Waals surface area contributed by atoms with Gasteiger partial charge in [-0.3, -0.25) is 4.79 Å². The van der Waals surface area contributed by atoms with E-state index in [1.165, 1.54) is 7.11 Å². The molecule has 0 aliphatic carbocycles. The van der Waals surface area contributed by atoms with Crippen molar-refractivity contribution in [1.82, 2.24) is 0 Å². The number of carbonyl (C=O) groups excluding carboxylic acids is 1. The minimum Gasteiger partial charge on any atom is -0.496 e. The van der Waals surface area contributed by atoms with Crippen LogP contribution in [0.2, 0.25) is 5.02 Å². The van der Waals surface area contributed by atoms with Gasteiger partial charge in [-0.25, -0.2) is 0 Å². The standard InChI is InChI=1S/C18H20ClNO2/c1-18(2,3)14-7-5-6-8-15(14)20-17(21)13-11-12(19)9-10-16(13)22-4/h5-11H,1-4H3,(H,20,21). The zero-order chi connectivity index (χ0) is 16.3. The number of carbonyl (C=O) groups is 1. The van der Waals surface area contributed by atoms with Crippen molar-refractivity contribution in [3.05, 3.63) is 58.6 Å². The number of ether oxygens (including phenoxy) is 1. The summed E-state index contributed by atoms with van der Waals surface area (Å²) >= 11 is 5.99. The molecule has 1 amide bonds. The first-order chi connectivity index (χ1) is 10.3. The van der Waals surface area contributed by atoms with Gasteiger partial charge in [0.05, 0.1) is 12.7 Å². The number of anilines is 1. The molecule has 2 aromatic carbocycles. The van der Waals surface area contributed by atoms with E-state index < -0.39 is 0 Å². The van der Waals surface area contributed by atoms with Crippen LogP contribution in [-0.4, -0.2) is 13.0 Å². The summed E-state index contributed by atoms with van der Waals surface area (Å²) in [5, 5.41) is 3.45. The molecule has 2 aromatic rings. The van der Waals surface area contributed by atoms with Crippen LogP contribution in [0.15, 0.2) is 42.5 Å². The summed E-state index contributed by atoms with van der Waals surface area (Å²) in [7, 11) is 1.53. The van der Waals surface area contributed by atoms with Crippen molar-refractivity contribution in [2.24, 2.45) is 0 Å². The molecule has 0 radical (unpaired) electrons. The molecule has 0 spiro atoms. The second kappa shape index (κ2) is 6.41. The largest absolute Gasteiger partial charge is 0.496 e. The normalized spacial score (nSPS) is 11.1. The third-order valence-corrected chi connectivity index (χ3v) is 3.62. The van der Waals surface area contributed by atoms with E-state index in [1.807, 2.05) is 24.3 Å². The van der Waals surface area contributed by atoms with Crippen molar-refractivity contribution in [3.8, 4) is 5.75 Å². The quantitative estimate of drug-likeness (QED) is 0.874. The lowest BCUT2D eigenvalue weighted by Crippen LogP contribution is -2.19. The van der Waals surface area contributed by atoms with Crippen LogP contribution in [0, 0.1) is 0 Å². The minimum absolute atomic E-state index is 0.0672. The van der Waals surface area contributed by atoms with Gasteiger partial charge in [-0.2, -0.15) is 0 Å². The summed E-state index contributed by atoms with van der Waals surface area (Å²) in [6.07, 6.45) is 0. The first-order valence-electron chi connectivity index (χ1n) is 7.07. The van der Waals surface area contributed by atoms with Gasteiger partial charge in [-0.1, -0.05) is 50.6 Å². The van der Waals surface area contributed by atoms with Crippen LogP contribution in [0.1, 0.15) is 36.7 Å². The number of nitrogens with one attached hydrogen (secondary N) is 1. The van der Waals surface area contributed by atoms with E-state index in [1.54, 1.807) is 18.2 Å². The average Bonchev–Trinajstić information content (AvgIpc) is 2.46. The van der Waals surface area contributed by atoms with E-state index >= 15 is 0 Å². The predicted molar refractivity (Wildman–Crippen MR) is 91.1 cm³/mol.